The summed E-state index contributed by atoms with van der Waals surface area (Å²) in [6.45, 7) is 0. The predicted molar refractivity (Wildman–Crippen MR) is 85.3 cm³/mol. The molecule has 0 aliphatic heterocycles. The van der Waals surface area contributed by atoms with E-state index in [1.807, 2.05) is 6.07 Å². The molecule has 0 nitrogen and oxygen atoms in total. The first kappa shape index (κ1) is 12.5. The molecular formula is C17H14ClSi. The van der Waals surface area contributed by atoms with Gasteiger partial charge in [0.15, 0.2) is 0 Å². The van der Waals surface area contributed by atoms with Gasteiger partial charge < -0.3 is 0 Å². The molecule has 0 fully saturated rings. The van der Waals surface area contributed by atoms with Crippen molar-refractivity contribution in [1.82, 2.24) is 0 Å². The molecule has 0 saturated heterocycles. The Balaban J connectivity index is 1.96. The summed E-state index contributed by atoms with van der Waals surface area (Å²) in [4.78, 5) is 0. The summed E-state index contributed by atoms with van der Waals surface area (Å²) in [6, 6.07) is 26.4. The largest absolute Gasteiger partial charge is 0.204 e. The lowest BCUT2D eigenvalue weighted by Gasteiger charge is -2.11. The average molecular weight is 282 g/mol. The lowest BCUT2D eigenvalue weighted by molar-refractivity contribution is 1.38. The smallest absolute Gasteiger partial charge is 0.162 e. The van der Waals surface area contributed by atoms with Gasteiger partial charge in [-0.3, -0.25) is 0 Å². The summed E-state index contributed by atoms with van der Waals surface area (Å²) < 4.78 is 0. The van der Waals surface area contributed by atoms with Crippen molar-refractivity contribution in [1.29, 1.82) is 0 Å². The lowest BCUT2D eigenvalue weighted by atomic mass is 10.1. The number of fused-ring (bicyclic) bond motifs is 1. The third kappa shape index (κ3) is 2.72. The minimum Gasteiger partial charge on any atom is -0.162 e. The molecule has 93 valence electrons. The van der Waals surface area contributed by atoms with Crippen LogP contribution in [0, 0.1) is 0 Å². The second-order valence-electron chi connectivity index (χ2n) is 4.59. The molecule has 0 N–H and O–H groups in total. The van der Waals surface area contributed by atoms with E-state index in [1.54, 1.807) is 0 Å². The van der Waals surface area contributed by atoms with Gasteiger partial charge in [-0.25, -0.2) is 0 Å². The molecule has 3 aromatic rings. The van der Waals surface area contributed by atoms with E-state index in [1.165, 1.54) is 21.5 Å². The van der Waals surface area contributed by atoms with E-state index in [9.17, 15) is 0 Å². The van der Waals surface area contributed by atoms with Crippen LogP contribution in [0.4, 0.5) is 0 Å². The molecule has 0 aromatic heterocycles. The van der Waals surface area contributed by atoms with Gasteiger partial charge in [0.05, 0.1) is 0 Å². The van der Waals surface area contributed by atoms with Crippen molar-refractivity contribution < 1.29 is 0 Å². The quantitative estimate of drug-likeness (QED) is 0.502. The fourth-order valence-electron chi connectivity index (χ4n) is 2.33. The minimum absolute atomic E-state index is 0.959. The molecule has 0 saturated carbocycles. The highest BCUT2D eigenvalue weighted by molar-refractivity contribution is 7.14. The Hall–Kier alpha value is -1.57. The first-order valence-electron chi connectivity index (χ1n) is 6.38. The van der Waals surface area contributed by atoms with E-state index in [-0.39, 0.29) is 0 Å². The third-order valence-corrected chi connectivity index (χ3v) is 6.03. The summed E-state index contributed by atoms with van der Waals surface area (Å²) in [5, 5.41) is 3.88. The highest BCUT2D eigenvalue weighted by atomic mass is 35.6. The van der Waals surface area contributed by atoms with E-state index in [2.05, 4.69) is 66.7 Å². The Kier molecular flexibility index (Phi) is 3.67. The van der Waals surface area contributed by atoms with Crippen molar-refractivity contribution in [2.45, 2.75) is 6.04 Å². The second kappa shape index (κ2) is 5.60. The SMILES string of the molecule is Cl[Si](Cc1ccccc1)c1cccc2ccccc12. The number of halogens is 1. The monoisotopic (exact) mass is 281 g/mol. The molecule has 0 aliphatic carbocycles. The van der Waals surface area contributed by atoms with Gasteiger partial charge in [-0.05, 0) is 27.6 Å². The van der Waals surface area contributed by atoms with Crippen LogP contribution in [0.3, 0.4) is 0 Å². The van der Waals surface area contributed by atoms with E-state index < -0.39 is 8.11 Å². The normalized spacial score (nSPS) is 11.1. The van der Waals surface area contributed by atoms with Crippen LogP contribution in [-0.4, -0.2) is 8.11 Å². The van der Waals surface area contributed by atoms with Crippen molar-refractivity contribution >= 4 is 35.1 Å². The summed E-state index contributed by atoms with van der Waals surface area (Å²) in [5.74, 6) is 0. The zero-order valence-corrected chi connectivity index (χ0v) is 12.3. The average Bonchev–Trinajstić information content (AvgIpc) is 2.47. The van der Waals surface area contributed by atoms with Crippen LogP contribution < -0.4 is 5.19 Å². The Bertz CT molecular complexity index is 674. The molecule has 3 aromatic carbocycles. The molecule has 0 bridgehead atoms. The molecule has 3 rings (SSSR count). The Morgan fingerprint density at radius 2 is 1.42 bits per heavy atom. The van der Waals surface area contributed by atoms with Crippen LogP contribution in [-0.2, 0) is 6.04 Å². The Labute approximate surface area is 120 Å². The molecule has 1 radical (unpaired) electrons. The molecule has 0 heterocycles. The maximum atomic E-state index is 6.72. The van der Waals surface area contributed by atoms with Crippen molar-refractivity contribution in [2.24, 2.45) is 0 Å². The van der Waals surface area contributed by atoms with Crippen LogP contribution in [0.1, 0.15) is 5.56 Å². The highest BCUT2D eigenvalue weighted by Crippen LogP contribution is 2.14. The van der Waals surface area contributed by atoms with Crippen LogP contribution in [0.25, 0.3) is 10.8 Å². The first-order valence-corrected chi connectivity index (χ1v) is 9.10. The van der Waals surface area contributed by atoms with Gasteiger partial charge in [-0.1, -0.05) is 72.8 Å². The van der Waals surface area contributed by atoms with Gasteiger partial charge in [-0.15, -0.1) is 0 Å². The van der Waals surface area contributed by atoms with E-state index in [0.29, 0.717) is 0 Å². The molecular weight excluding hydrogens is 268 g/mol. The summed E-state index contributed by atoms with van der Waals surface area (Å²) in [7, 11) is -1.07. The van der Waals surface area contributed by atoms with Gasteiger partial charge in [0.25, 0.3) is 0 Å². The number of hydrogen-bond donors (Lipinski definition) is 0. The lowest BCUT2D eigenvalue weighted by Crippen LogP contribution is -2.27. The molecule has 0 aliphatic rings. The zero-order chi connectivity index (χ0) is 13.1. The van der Waals surface area contributed by atoms with Crippen molar-refractivity contribution in [3.8, 4) is 0 Å². The maximum Gasteiger partial charge on any atom is 0.204 e. The third-order valence-electron chi connectivity index (χ3n) is 3.28. The van der Waals surface area contributed by atoms with Crippen molar-refractivity contribution in [2.75, 3.05) is 0 Å². The number of benzene rings is 3. The zero-order valence-electron chi connectivity index (χ0n) is 10.5. The number of hydrogen-bond acceptors (Lipinski definition) is 0. The molecule has 0 unspecified atom stereocenters. The molecule has 0 atom stereocenters. The standard InChI is InChI=1S/C17H14ClSi/c18-19(13-14-7-2-1-3-8-14)17-12-6-10-15-9-4-5-11-16(15)17/h1-12H,13H2. The van der Waals surface area contributed by atoms with E-state index >= 15 is 0 Å². The van der Waals surface area contributed by atoms with Crippen LogP contribution in [0.5, 0.6) is 0 Å². The fraction of sp³-hybridized carbons (Fsp3) is 0.0588. The van der Waals surface area contributed by atoms with Gasteiger partial charge in [0.1, 0.15) is 0 Å². The van der Waals surface area contributed by atoms with Crippen LogP contribution >= 0.6 is 11.1 Å². The summed E-state index contributed by atoms with van der Waals surface area (Å²) >= 11 is 6.72. The Morgan fingerprint density at radius 3 is 2.26 bits per heavy atom. The van der Waals surface area contributed by atoms with E-state index in [4.69, 9.17) is 11.1 Å². The van der Waals surface area contributed by atoms with Crippen molar-refractivity contribution in [3.05, 3.63) is 78.4 Å². The molecule has 19 heavy (non-hydrogen) atoms. The second-order valence-corrected chi connectivity index (χ2v) is 7.66. The van der Waals surface area contributed by atoms with Crippen LogP contribution in [0.15, 0.2) is 72.8 Å². The number of rotatable bonds is 3. The predicted octanol–water partition coefficient (Wildman–Crippen LogP) is 4.06. The topological polar surface area (TPSA) is 0 Å². The fourth-order valence-corrected chi connectivity index (χ4v) is 4.87. The van der Waals surface area contributed by atoms with Crippen LogP contribution in [0.2, 0.25) is 0 Å². The molecule has 0 spiro atoms. The summed E-state index contributed by atoms with van der Waals surface area (Å²) in [6.07, 6.45) is 0. The van der Waals surface area contributed by atoms with Gasteiger partial charge >= 0.3 is 0 Å². The Morgan fingerprint density at radius 1 is 0.737 bits per heavy atom. The maximum absolute atomic E-state index is 6.72. The minimum atomic E-state index is -1.07. The summed E-state index contributed by atoms with van der Waals surface area (Å²) in [5.41, 5.74) is 1.32. The van der Waals surface area contributed by atoms with Crippen molar-refractivity contribution in [3.63, 3.8) is 0 Å². The van der Waals surface area contributed by atoms with Gasteiger partial charge in [-0.2, -0.15) is 11.1 Å². The van der Waals surface area contributed by atoms with Gasteiger partial charge in [0, 0.05) is 0 Å². The highest BCUT2D eigenvalue weighted by Gasteiger charge is 2.14. The van der Waals surface area contributed by atoms with Gasteiger partial charge in [0.2, 0.25) is 8.11 Å². The first-order chi connectivity index (χ1) is 9.34. The van der Waals surface area contributed by atoms with E-state index in [0.717, 1.165) is 6.04 Å². The molecule has 2 heteroatoms. The molecule has 0 amide bonds.